The Morgan fingerprint density at radius 2 is 1.91 bits per heavy atom. The van der Waals surface area contributed by atoms with E-state index in [1.165, 1.54) is 6.21 Å². The average molecular weight is 476 g/mol. The number of carbonyl (C=O) groups excluding carboxylic acids is 1. The summed E-state index contributed by atoms with van der Waals surface area (Å²) in [5.74, 6) is 0.621. The van der Waals surface area contributed by atoms with Crippen molar-refractivity contribution in [2.45, 2.75) is 33.8 Å². The zero-order chi connectivity index (χ0) is 24.5. The Morgan fingerprint density at radius 3 is 2.65 bits per heavy atom. The molecule has 0 aromatic heterocycles. The highest BCUT2D eigenvalue weighted by Gasteiger charge is 2.14. The molecule has 1 N–H and O–H groups in total. The van der Waals surface area contributed by atoms with Gasteiger partial charge in [0.15, 0.2) is 11.5 Å². The molecule has 0 aliphatic heterocycles. The molecule has 0 fully saturated rings. The Bertz CT molecular complexity index is 1250. The zero-order valence-electron chi connectivity index (χ0n) is 19.4. The molecule has 0 unspecified atom stereocenters. The van der Waals surface area contributed by atoms with Crippen LogP contribution in [0.1, 0.15) is 40.3 Å². The molecule has 3 aromatic carbocycles. The van der Waals surface area contributed by atoms with Gasteiger partial charge in [0, 0.05) is 5.56 Å². The van der Waals surface area contributed by atoms with Gasteiger partial charge in [-0.25, -0.2) is 5.43 Å². The smallest absolute Gasteiger partial charge is 0.244 e. The van der Waals surface area contributed by atoms with E-state index in [0.29, 0.717) is 34.3 Å². The van der Waals surface area contributed by atoms with Crippen molar-refractivity contribution in [1.29, 1.82) is 5.26 Å². The first-order chi connectivity index (χ1) is 16.4. The monoisotopic (exact) mass is 475 g/mol. The minimum Gasteiger partial charge on any atom is -0.490 e. The molecule has 3 aromatic rings. The predicted octanol–water partition coefficient (Wildman–Crippen LogP) is 5.50. The third-order valence-corrected chi connectivity index (χ3v) is 5.37. The van der Waals surface area contributed by atoms with Crippen LogP contribution in [0.3, 0.4) is 0 Å². The van der Waals surface area contributed by atoms with Gasteiger partial charge in [-0.1, -0.05) is 53.6 Å². The highest BCUT2D eigenvalue weighted by atomic mass is 35.5. The Balaban J connectivity index is 1.69. The minimum absolute atomic E-state index is 0.172. The maximum Gasteiger partial charge on any atom is 0.244 e. The van der Waals surface area contributed by atoms with Crippen molar-refractivity contribution in [3.63, 3.8) is 0 Å². The Labute approximate surface area is 204 Å². The second kappa shape index (κ2) is 11.9. The van der Waals surface area contributed by atoms with Gasteiger partial charge in [-0.05, 0) is 55.7 Å². The molecule has 7 heteroatoms. The molecule has 6 nitrogen and oxygen atoms in total. The van der Waals surface area contributed by atoms with Gasteiger partial charge in [0.05, 0.1) is 35.9 Å². The van der Waals surface area contributed by atoms with Crippen molar-refractivity contribution >= 4 is 23.7 Å². The lowest BCUT2D eigenvalue weighted by atomic mass is 10.0. The molecule has 0 saturated carbocycles. The summed E-state index contributed by atoms with van der Waals surface area (Å²) in [5, 5.41) is 13.7. The molecule has 0 spiro atoms. The van der Waals surface area contributed by atoms with Gasteiger partial charge in [0.1, 0.15) is 6.61 Å². The number of aryl methyl sites for hydroxylation is 2. The van der Waals surface area contributed by atoms with E-state index in [9.17, 15) is 10.1 Å². The number of hydrogen-bond donors (Lipinski definition) is 1. The van der Waals surface area contributed by atoms with E-state index < -0.39 is 0 Å². The first kappa shape index (κ1) is 24.8. The molecule has 174 valence electrons. The van der Waals surface area contributed by atoms with Gasteiger partial charge in [0.25, 0.3) is 0 Å². The molecular weight excluding hydrogens is 450 g/mol. The number of halogens is 1. The molecule has 0 atom stereocenters. The molecule has 34 heavy (non-hydrogen) atoms. The maximum absolute atomic E-state index is 12.3. The van der Waals surface area contributed by atoms with Crippen molar-refractivity contribution in [3.05, 3.63) is 93.0 Å². The lowest BCUT2D eigenvalue weighted by molar-refractivity contribution is -0.120. The van der Waals surface area contributed by atoms with E-state index in [2.05, 4.69) is 16.6 Å². The molecule has 0 aliphatic rings. The SMILES string of the molecule is CCOc1cc(/C=N\NC(=O)Cc2ccc(C)cc2C)cc(Cl)c1OCc1ccccc1C#N. The van der Waals surface area contributed by atoms with Crippen LogP contribution in [0.2, 0.25) is 5.02 Å². The molecule has 0 saturated heterocycles. The number of hydrogen-bond acceptors (Lipinski definition) is 5. The maximum atomic E-state index is 12.3. The molecule has 1 amide bonds. The molecule has 0 aliphatic carbocycles. The summed E-state index contributed by atoms with van der Waals surface area (Å²) >= 11 is 6.47. The number of amides is 1. The standard InChI is InChI=1S/C27H26ClN3O3/c1-4-33-25-13-20(16-30-31-26(32)14-21-10-9-18(2)11-19(21)3)12-24(28)27(25)34-17-23-8-6-5-7-22(23)15-29/h5-13,16H,4,14,17H2,1-3H3,(H,31,32)/b30-16-. The van der Waals surface area contributed by atoms with E-state index in [0.717, 1.165) is 22.3 Å². The van der Waals surface area contributed by atoms with E-state index >= 15 is 0 Å². The molecular formula is C27H26ClN3O3. The summed E-state index contributed by atoms with van der Waals surface area (Å²) in [7, 11) is 0. The third-order valence-electron chi connectivity index (χ3n) is 5.09. The number of carbonyl (C=O) groups is 1. The van der Waals surface area contributed by atoms with Crippen molar-refractivity contribution < 1.29 is 14.3 Å². The summed E-state index contributed by atoms with van der Waals surface area (Å²) < 4.78 is 11.6. The number of nitriles is 1. The fourth-order valence-corrected chi connectivity index (χ4v) is 3.68. The van der Waals surface area contributed by atoms with Gasteiger partial charge >= 0.3 is 0 Å². The van der Waals surface area contributed by atoms with Gasteiger partial charge in [-0.2, -0.15) is 10.4 Å². The molecule has 0 heterocycles. The van der Waals surface area contributed by atoms with Crippen LogP contribution in [-0.2, 0) is 17.8 Å². The molecule has 0 radical (unpaired) electrons. The van der Waals surface area contributed by atoms with Crippen LogP contribution in [-0.4, -0.2) is 18.7 Å². The fourth-order valence-electron chi connectivity index (χ4n) is 3.41. The van der Waals surface area contributed by atoms with Crippen molar-refractivity contribution in [1.82, 2.24) is 5.43 Å². The number of rotatable bonds is 9. The highest BCUT2D eigenvalue weighted by molar-refractivity contribution is 6.32. The molecule has 0 bridgehead atoms. The zero-order valence-corrected chi connectivity index (χ0v) is 20.1. The van der Waals surface area contributed by atoms with Crippen LogP contribution in [0.5, 0.6) is 11.5 Å². The molecule has 3 rings (SSSR count). The lowest BCUT2D eigenvalue weighted by Crippen LogP contribution is -2.20. The van der Waals surface area contributed by atoms with Gasteiger partial charge in [0.2, 0.25) is 5.91 Å². The highest BCUT2D eigenvalue weighted by Crippen LogP contribution is 2.37. The minimum atomic E-state index is -0.213. The largest absolute Gasteiger partial charge is 0.490 e. The fraction of sp³-hybridized carbons (Fsp3) is 0.222. The first-order valence-electron chi connectivity index (χ1n) is 10.9. The van der Waals surface area contributed by atoms with E-state index in [1.54, 1.807) is 24.3 Å². The summed E-state index contributed by atoms with van der Waals surface area (Å²) in [6.45, 7) is 6.44. The van der Waals surface area contributed by atoms with Crippen LogP contribution < -0.4 is 14.9 Å². The Hall–Kier alpha value is -3.82. The van der Waals surface area contributed by atoms with Crippen LogP contribution in [0, 0.1) is 25.2 Å². The number of hydrazone groups is 1. The average Bonchev–Trinajstić information content (AvgIpc) is 2.81. The number of nitrogens with zero attached hydrogens (tertiary/aromatic N) is 2. The summed E-state index contributed by atoms with van der Waals surface area (Å²) in [6, 6.07) is 18.8. The second-order valence-electron chi connectivity index (χ2n) is 7.72. The summed E-state index contributed by atoms with van der Waals surface area (Å²) in [5.41, 5.74) is 7.67. The lowest BCUT2D eigenvalue weighted by Gasteiger charge is -2.15. The van der Waals surface area contributed by atoms with Crippen molar-refractivity contribution in [2.24, 2.45) is 5.10 Å². The van der Waals surface area contributed by atoms with Crippen LogP contribution in [0.4, 0.5) is 0 Å². The quantitative estimate of drug-likeness (QED) is 0.327. The first-order valence-corrected chi connectivity index (χ1v) is 11.2. The second-order valence-corrected chi connectivity index (χ2v) is 8.13. The normalized spacial score (nSPS) is 10.7. The Kier molecular flexibility index (Phi) is 8.66. The van der Waals surface area contributed by atoms with Crippen LogP contribution in [0.25, 0.3) is 0 Å². The third kappa shape index (κ3) is 6.60. The van der Waals surface area contributed by atoms with Gasteiger partial charge in [-0.15, -0.1) is 0 Å². The summed E-state index contributed by atoms with van der Waals surface area (Å²) in [6.07, 6.45) is 1.74. The van der Waals surface area contributed by atoms with E-state index in [4.69, 9.17) is 21.1 Å². The Morgan fingerprint density at radius 1 is 1.12 bits per heavy atom. The van der Waals surface area contributed by atoms with E-state index in [1.807, 2.05) is 51.1 Å². The van der Waals surface area contributed by atoms with E-state index in [-0.39, 0.29) is 18.9 Å². The summed E-state index contributed by atoms with van der Waals surface area (Å²) in [4.78, 5) is 12.3. The van der Waals surface area contributed by atoms with Crippen molar-refractivity contribution in [2.75, 3.05) is 6.61 Å². The number of nitrogens with one attached hydrogen (secondary N) is 1. The predicted molar refractivity (Wildman–Crippen MR) is 133 cm³/mol. The topological polar surface area (TPSA) is 83.7 Å². The number of ether oxygens (including phenoxy) is 2. The number of benzene rings is 3. The van der Waals surface area contributed by atoms with Gasteiger partial charge in [-0.3, -0.25) is 4.79 Å². The van der Waals surface area contributed by atoms with Gasteiger partial charge < -0.3 is 9.47 Å². The van der Waals surface area contributed by atoms with Crippen molar-refractivity contribution in [3.8, 4) is 17.6 Å². The van der Waals surface area contributed by atoms with Crippen LogP contribution >= 0.6 is 11.6 Å². The van der Waals surface area contributed by atoms with Crippen LogP contribution in [0.15, 0.2) is 59.7 Å².